The smallest absolute Gasteiger partial charge is 0.271 e. The molecule has 0 aliphatic rings. The second-order valence-electron chi connectivity index (χ2n) is 6.99. The average Bonchev–Trinajstić information content (AvgIpc) is 2.61. The normalized spacial score (nSPS) is 11.5. The molecular formula is C21H25IN2O3. The molecule has 0 aromatic heterocycles. The van der Waals surface area contributed by atoms with Crippen LogP contribution in [0.3, 0.4) is 0 Å². The lowest BCUT2D eigenvalue weighted by Crippen LogP contribution is -2.18. The Morgan fingerprint density at radius 2 is 1.89 bits per heavy atom. The predicted molar refractivity (Wildman–Crippen MR) is 117 cm³/mol. The fourth-order valence-corrected chi connectivity index (χ4v) is 3.32. The fourth-order valence-electron chi connectivity index (χ4n) is 2.48. The van der Waals surface area contributed by atoms with Crippen LogP contribution in [0.15, 0.2) is 41.5 Å². The number of hydrazone groups is 1. The van der Waals surface area contributed by atoms with Crippen molar-refractivity contribution in [1.29, 1.82) is 0 Å². The van der Waals surface area contributed by atoms with E-state index in [2.05, 4.69) is 53.9 Å². The average molecular weight is 480 g/mol. The highest BCUT2D eigenvalue weighted by molar-refractivity contribution is 14.1. The lowest BCUT2D eigenvalue weighted by atomic mass is 9.87. The largest absolute Gasteiger partial charge is 0.492 e. The van der Waals surface area contributed by atoms with Crippen molar-refractivity contribution >= 4 is 34.7 Å². The highest BCUT2D eigenvalue weighted by Gasteiger charge is 2.14. The van der Waals surface area contributed by atoms with E-state index >= 15 is 0 Å². The van der Waals surface area contributed by atoms with Crippen LogP contribution in [0, 0.1) is 3.57 Å². The molecule has 5 nitrogen and oxygen atoms in total. The van der Waals surface area contributed by atoms with Gasteiger partial charge in [-0.15, -0.1) is 0 Å². The number of halogens is 1. The summed E-state index contributed by atoms with van der Waals surface area (Å²) in [4.78, 5) is 12.3. The van der Waals surface area contributed by atoms with Crippen LogP contribution >= 0.6 is 22.6 Å². The first-order chi connectivity index (χ1) is 12.8. The van der Waals surface area contributed by atoms with Gasteiger partial charge in [0.15, 0.2) is 11.5 Å². The first kappa shape index (κ1) is 21.2. The van der Waals surface area contributed by atoms with Gasteiger partial charge in [0.1, 0.15) is 0 Å². The first-order valence-electron chi connectivity index (χ1n) is 8.70. The standard InChI is InChI=1S/C21H25IN2O3/c1-6-27-18-12-14(11-17(22)19(18)26-5)13-23-24-20(25)15-7-9-16(10-8-15)21(2,3)4/h7-13H,6H2,1-5H3,(H,24,25)/b23-13-. The monoisotopic (exact) mass is 480 g/mol. The molecule has 0 unspecified atom stereocenters. The van der Waals surface area contributed by atoms with Crippen molar-refractivity contribution in [3.05, 3.63) is 56.7 Å². The number of ether oxygens (including phenoxy) is 2. The van der Waals surface area contributed by atoms with Crippen molar-refractivity contribution < 1.29 is 14.3 Å². The number of carbonyl (C=O) groups is 1. The summed E-state index contributed by atoms with van der Waals surface area (Å²) in [6, 6.07) is 11.3. The summed E-state index contributed by atoms with van der Waals surface area (Å²) in [5.41, 5.74) is 5.17. The summed E-state index contributed by atoms with van der Waals surface area (Å²) in [6.07, 6.45) is 1.59. The zero-order valence-electron chi connectivity index (χ0n) is 16.3. The topological polar surface area (TPSA) is 59.9 Å². The summed E-state index contributed by atoms with van der Waals surface area (Å²) in [5, 5.41) is 4.06. The van der Waals surface area contributed by atoms with Crippen LogP contribution in [0.2, 0.25) is 0 Å². The first-order valence-corrected chi connectivity index (χ1v) is 9.78. The number of carbonyl (C=O) groups excluding carboxylic acids is 1. The Morgan fingerprint density at radius 1 is 1.22 bits per heavy atom. The van der Waals surface area contributed by atoms with Crippen LogP contribution in [0.1, 0.15) is 49.2 Å². The molecule has 0 radical (unpaired) electrons. The number of nitrogens with one attached hydrogen (secondary N) is 1. The Hall–Kier alpha value is -2.09. The Balaban J connectivity index is 2.09. The van der Waals surface area contributed by atoms with Gasteiger partial charge in [-0.3, -0.25) is 4.79 Å². The molecule has 27 heavy (non-hydrogen) atoms. The number of nitrogens with zero attached hydrogens (tertiary/aromatic N) is 1. The third-order valence-corrected chi connectivity index (χ3v) is 4.73. The van der Waals surface area contributed by atoms with Gasteiger partial charge >= 0.3 is 0 Å². The SMILES string of the molecule is CCOc1cc(/C=N\NC(=O)c2ccc(C(C)(C)C)cc2)cc(I)c1OC. The molecule has 0 saturated carbocycles. The molecule has 0 heterocycles. The number of hydrogen-bond acceptors (Lipinski definition) is 4. The van der Waals surface area contributed by atoms with Crippen LogP contribution < -0.4 is 14.9 Å². The van der Waals surface area contributed by atoms with Gasteiger partial charge in [-0.1, -0.05) is 32.9 Å². The second kappa shape index (κ2) is 9.21. The molecule has 1 amide bonds. The zero-order chi connectivity index (χ0) is 20.0. The van der Waals surface area contributed by atoms with E-state index in [0.29, 0.717) is 23.7 Å². The molecule has 0 fully saturated rings. The summed E-state index contributed by atoms with van der Waals surface area (Å²) < 4.78 is 11.9. The van der Waals surface area contributed by atoms with Crippen molar-refractivity contribution in [3.63, 3.8) is 0 Å². The molecule has 144 valence electrons. The van der Waals surface area contributed by atoms with E-state index in [1.165, 1.54) is 5.56 Å². The third kappa shape index (κ3) is 5.69. The maximum absolute atomic E-state index is 12.3. The van der Waals surface area contributed by atoms with E-state index in [1.54, 1.807) is 13.3 Å². The molecule has 0 aliphatic heterocycles. The van der Waals surface area contributed by atoms with Gasteiger partial charge in [0.25, 0.3) is 5.91 Å². The predicted octanol–water partition coefficient (Wildman–Crippen LogP) is 4.76. The minimum absolute atomic E-state index is 0.0525. The Labute approximate surface area is 174 Å². The number of methoxy groups -OCH3 is 1. The summed E-state index contributed by atoms with van der Waals surface area (Å²) in [5.74, 6) is 1.09. The van der Waals surface area contributed by atoms with Gasteiger partial charge in [0, 0.05) is 5.56 Å². The number of benzene rings is 2. The molecule has 0 spiro atoms. The van der Waals surface area contributed by atoms with Crippen LogP contribution in [-0.4, -0.2) is 25.8 Å². The molecule has 1 N–H and O–H groups in total. The Kier molecular flexibility index (Phi) is 7.24. The van der Waals surface area contributed by atoms with Crippen molar-refractivity contribution in [2.45, 2.75) is 33.1 Å². The lowest BCUT2D eigenvalue weighted by Gasteiger charge is -2.18. The van der Waals surface area contributed by atoms with E-state index in [1.807, 2.05) is 43.3 Å². The highest BCUT2D eigenvalue weighted by atomic mass is 127. The molecule has 0 saturated heterocycles. The van der Waals surface area contributed by atoms with Crippen LogP contribution in [0.5, 0.6) is 11.5 Å². The van der Waals surface area contributed by atoms with E-state index in [9.17, 15) is 4.79 Å². The quantitative estimate of drug-likeness (QED) is 0.369. The fraction of sp³-hybridized carbons (Fsp3) is 0.333. The van der Waals surface area contributed by atoms with Crippen molar-refractivity contribution in [3.8, 4) is 11.5 Å². The zero-order valence-corrected chi connectivity index (χ0v) is 18.5. The van der Waals surface area contributed by atoms with E-state index in [4.69, 9.17) is 9.47 Å². The van der Waals surface area contributed by atoms with Gasteiger partial charge in [-0.05, 0) is 70.3 Å². The van der Waals surface area contributed by atoms with Gasteiger partial charge < -0.3 is 9.47 Å². The lowest BCUT2D eigenvalue weighted by molar-refractivity contribution is 0.0955. The van der Waals surface area contributed by atoms with Gasteiger partial charge in [0.2, 0.25) is 0 Å². The summed E-state index contributed by atoms with van der Waals surface area (Å²) in [6.45, 7) is 8.86. The van der Waals surface area contributed by atoms with Crippen LogP contribution in [0.4, 0.5) is 0 Å². The molecule has 6 heteroatoms. The third-order valence-electron chi connectivity index (χ3n) is 3.93. The number of rotatable bonds is 6. The van der Waals surface area contributed by atoms with Gasteiger partial charge in [-0.25, -0.2) is 5.43 Å². The summed E-state index contributed by atoms with van der Waals surface area (Å²) in [7, 11) is 1.61. The van der Waals surface area contributed by atoms with Crippen LogP contribution in [-0.2, 0) is 5.41 Å². The number of hydrogen-bond donors (Lipinski definition) is 1. The van der Waals surface area contributed by atoms with Crippen molar-refractivity contribution in [1.82, 2.24) is 5.43 Å². The maximum atomic E-state index is 12.3. The van der Waals surface area contributed by atoms with Crippen LogP contribution in [0.25, 0.3) is 0 Å². The summed E-state index contributed by atoms with van der Waals surface area (Å²) >= 11 is 2.18. The van der Waals surface area contributed by atoms with Crippen molar-refractivity contribution in [2.75, 3.05) is 13.7 Å². The molecule has 0 bridgehead atoms. The Morgan fingerprint density at radius 3 is 2.44 bits per heavy atom. The molecule has 2 aromatic rings. The van der Waals surface area contributed by atoms with E-state index < -0.39 is 0 Å². The van der Waals surface area contributed by atoms with E-state index in [-0.39, 0.29) is 11.3 Å². The minimum atomic E-state index is -0.250. The minimum Gasteiger partial charge on any atom is -0.492 e. The second-order valence-corrected chi connectivity index (χ2v) is 8.16. The molecular weight excluding hydrogens is 455 g/mol. The van der Waals surface area contributed by atoms with E-state index in [0.717, 1.165) is 9.13 Å². The Bertz CT molecular complexity index is 825. The molecule has 2 rings (SSSR count). The molecule has 0 atom stereocenters. The van der Waals surface area contributed by atoms with Gasteiger partial charge in [-0.2, -0.15) is 5.10 Å². The number of amides is 1. The molecule has 0 aliphatic carbocycles. The maximum Gasteiger partial charge on any atom is 0.271 e. The van der Waals surface area contributed by atoms with Gasteiger partial charge in [0.05, 0.1) is 23.5 Å². The van der Waals surface area contributed by atoms with Crippen molar-refractivity contribution in [2.24, 2.45) is 5.10 Å². The highest BCUT2D eigenvalue weighted by Crippen LogP contribution is 2.33. The molecule has 2 aromatic carbocycles.